The van der Waals surface area contributed by atoms with Crippen molar-refractivity contribution < 1.29 is 19.4 Å². The topological polar surface area (TPSA) is 101 Å². The fraction of sp³-hybridized carbons (Fsp3) is 0.615. The number of aromatic nitrogens is 1. The Balaban J connectivity index is 2.34. The number of carboxylic acid groups (broad SMARTS) is 1. The Hall–Kier alpha value is -1.67. The van der Waals surface area contributed by atoms with Crippen LogP contribution in [0.3, 0.4) is 0 Å². The van der Waals surface area contributed by atoms with E-state index in [9.17, 15) is 9.59 Å². The fourth-order valence-electron chi connectivity index (χ4n) is 1.71. The molecular formula is C13H21N3O4S. The standard InChI is InChI=1S/C13H21N3O4S/c1-9(11-14-5-7-21-11)8-15-13(19)16-10(12(17)18)4-3-6-20-2/h5,7,9-10H,3-4,6,8H2,1-2H3,(H,17,18)(H2,15,16,19). The van der Waals surface area contributed by atoms with E-state index in [1.807, 2.05) is 12.3 Å². The number of methoxy groups -OCH3 is 1. The number of aliphatic carboxylic acids is 1. The molecule has 0 spiro atoms. The van der Waals surface area contributed by atoms with Crippen LogP contribution in [0.2, 0.25) is 0 Å². The molecule has 2 atom stereocenters. The lowest BCUT2D eigenvalue weighted by Crippen LogP contribution is -2.46. The number of carbonyl (C=O) groups is 2. The number of carbonyl (C=O) groups excluding carboxylic acids is 1. The second-order valence-corrected chi connectivity index (χ2v) is 5.58. The van der Waals surface area contributed by atoms with Gasteiger partial charge in [-0.05, 0) is 12.8 Å². The molecule has 2 amide bonds. The Labute approximate surface area is 127 Å². The molecule has 8 heteroatoms. The molecule has 21 heavy (non-hydrogen) atoms. The van der Waals surface area contributed by atoms with Gasteiger partial charge in [-0.25, -0.2) is 14.6 Å². The van der Waals surface area contributed by atoms with Crippen LogP contribution in [-0.4, -0.2) is 48.4 Å². The Morgan fingerprint density at radius 2 is 2.29 bits per heavy atom. The molecule has 0 saturated carbocycles. The first-order valence-corrected chi connectivity index (χ1v) is 7.58. The smallest absolute Gasteiger partial charge is 0.326 e. The van der Waals surface area contributed by atoms with Crippen LogP contribution in [0.15, 0.2) is 11.6 Å². The van der Waals surface area contributed by atoms with E-state index in [1.165, 1.54) is 11.3 Å². The first kappa shape index (κ1) is 17.4. The van der Waals surface area contributed by atoms with Gasteiger partial charge in [0.25, 0.3) is 0 Å². The number of hydrogen-bond acceptors (Lipinski definition) is 5. The van der Waals surface area contributed by atoms with Crippen molar-refractivity contribution in [2.24, 2.45) is 0 Å². The van der Waals surface area contributed by atoms with Crippen molar-refractivity contribution in [3.8, 4) is 0 Å². The third kappa shape index (κ3) is 6.54. The zero-order valence-electron chi connectivity index (χ0n) is 12.2. The maximum Gasteiger partial charge on any atom is 0.326 e. The summed E-state index contributed by atoms with van der Waals surface area (Å²) in [4.78, 5) is 27.0. The van der Waals surface area contributed by atoms with Crippen LogP contribution in [0.1, 0.15) is 30.7 Å². The number of amides is 2. The van der Waals surface area contributed by atoms with Gasteiger partial charge in [0, 0.05) is 37.8 Å². The zero-order valence-corrected chi connectivity index (χ0v) is 13.0. The second kappa shape index (κ2) is 9.30. The van der Waals surface area contributed by atoms with Crippen LogP contribution in [0.4, 0.5) is 4.79 Å². The molecule has 0 bridgehead atoms. The summed E-state index contributed by atoms with van der Waals surface area (Å²) >= 11 is 1.52. The van der Waals surface area contributed by atoms with Crippen LogP contribution in [0, 0.1) is 0 Å². The molecule has 0 aliphatic rings. The number of nitrogens with one attached hydrogen (secondary N) is 2. The number of rotatable bonds is 9. The van der Waals surface area contributed by atoms with Crippen molar-refractivity contribution in [1.29, 1.82) is 0 Å². The van der Waals surface area contributed by atoms with Gasteiger partial charge in [0.2, 0.25) is 0 Å². The summed E-state index contributed by atoms with van der Waals surface area (Å²) in [7, 11) is 1.55. The molecule has 1 aromatic rings. The Morgan fingerprint density at radius 1 is 1.52 bits per heavy atom. The zero-order chi connectivity index (χ0) is 15.7. The van der Waals surface area contributed by atoms with E-state index in [4.69, 9.17) is 9.84 Å². The van der Waals surface area contributed by atoms with E-state index in [1.54, 1.807) is 13.3 Å². The maximum atomic E-state index is 11.7. The van der Waals surface area contributed by atoms with Crippen molar-refractivity contribution in [2.75, 3.05) is 20.3 Å². The Bertz CT molecular complexity index is 439. The third-order valence-electron chi connectivity index (χ3n) is 2.89. The van der Waals surface area contributed by atoms with Crippen molar-refractivity contribution in [2.45, 2.75) is 31.7 Å². The minimum atomic E-state index is -1.05. The van der Waals surface area contributed by atoms with Gasteiger partial charge < -0.3 is 20.5 Å². The summed E-state index contributed by atoms with van der Waals surface area (Å²) in [5.74, 6) is -0.957. The number of urea groups is 1. The highest BCUT2D eigenvalue weighted by molar-refractivity contribution is 7.09. The minimum Gasteiger partial charge on any atom is -0.480 e. The molecular weight excluding hydrogens is 294 g/mol. The minimum absolute atomic E-state index is 0.0903. The highest BCUT2D eigenvalue weighted by Gasteiger charge is 2.19. The molecule has 0 fully saturated rings. The molecule has 0 radical (unpaired) electrons. The third-order valence-corrected chi connectivity index (χ3v) is 3.89. The van der Waals surface area contributed by atoms with Crippen molar-refractivity contribution in [3.05, 3.63) is 16.6 Å². The first-order chi connectivity index (χ1) is 10.0. The van der Waals surface area contributed by atoms with Gasteiger partial charge in [-0.2, -0.15) is 0 Å². The molecule has 1 aromatic heterocycles. The highest BCUT2D eigenvalue weighted by Crippen LogP contribution is 2.16. The van der Waals surface area contributed by atoms with E-state index in [-0.39, 0.29) is 5.92 Å². The van der Waals surface area contributed by atoms with Gasteiger partial charge in [-0.15, -0.1) is 11.3 Å². The largest absolute Gasteiger partial charge is 0.480 e. The molecule has 2 unspecified atom stereocenters. The van der Waals surface area contributed by atoms with Gasteiger partial charge >= 0.3 is 12.0 Å². The monoisotopic (exact) mass is 315 g/mol. The van der Waals surface area contributed by atoms with Crippen LogP contribution < -0.4 is 10.6 Å². The summed E-state index contributed by atoms with van der Waals surface area (Å²) in [5.41, 5.74) is 0. The quantitative estimate of drug-likeness (QED) is 0.598. The second-order valence-electron chi connectivity index (χ2n) is 4.65. The fourth-order valence-corrected chi connectivity index (χ4v) is 2.41. The summed E-state index contributed by atoms with van der Waals surface area (Å²) in [6, 6.07) is -1.39. The lowest BCUT2D eigenvalue weighted by Gasteiger charge is -2.16. The average molecular weight is 315 g/mol. The van der Waals surface area contributed by atoms with Gasteiger partial charge in [-0.1, -0.05) is 6.92 Å². The molecule has 0 aromatic carbocycles. The lowest BCUT2D eigenvalue weighted by molar-refractivity contribution is -0.139. The van der Waals surface area contributed by atoms with Crippen LogP contribution in [0.25, 0.3) is 0 Å². The van der Waals surface area contributed by atoms with E-state index < -0.39 is 18.0 Å². The van der Waals surface area contributed by atoms with Gasteiger partial charge in [0.1, 0.15) is 6.04 Å². The van der Waals surface area contributed by atoms with Gasteiger partial charge in [-0.3, -0.25) is 0 Å². The molecule has 7 nitrogen and oxygen atoms in total. The maximum absolute atomic E-state index is 11.7. The lowest BCUT2D eigenvalue weighted by atomic mass is 10.1. The summed E-state index contributed by atoms with van der Waals surface area (Å²) in [6.45, 7) is 2.82. The molecule has 0 saturated heterocycles. The van der Waals surface area contributed by atoms with Crippen molar-refractivity contribution in [3.63, 3.8) is 0 Å². The molecule has 118 valence electrons. The van der Waals surface area contributed by atoms with E-state index >= 15 is 0 Å². The average Bonchev–Trinajstić information content (AvgIpc) is 2.98. The number of hydrogen-bond donors (Lipinski definition) is 3. The molecule has 1 rings (SSSR count). The SMILES string of the molecule is COCCCC(NC(=O)NCC(C)c1nccs1)C(=O)O. The summed E-state index contributed by atoms with van der Waals surface area (Å²) < 4.78 is 4.87. The first-order valence-electron chi connectivity index (χ1n) is 6.70. The van der Waals surface area contributed by atoms with Crippen molar-refractivity contribution in [1.82, 2.24) is 15.6 Å². The highest BCUT2D eigenvalue weighted by atomic mass is 32.1. The summed E-state index contributed by atoms with van der Waals surface area (Å²) in [5, 5.41) is 17.0. The number of nitrogens with zero attached hydrogens (tertiary/aromatic N) is 1. The van der Waals surface area contributed by atoms with E-state index in [0.717, 1.165) is 5.01 Å². The van der Waals surface area contributed by atoms with E-state index in [0.29, 0.717) is 26.0 Å². The van der Waals surface area contributed by atoms with Gasteiger partial charge in [0.05, 0.1) is 5.01 Å². The predicted octanol–water partition coefficient (Wildman–Crippen LogP) is 1.43. The molecule has 1 heterocycles. The Kier molecular flexibility index (Phi) is 7.70. The van der Waals surface area contributed by atoms with Crippen molar-refractivity contribution >= 4 is 23.3 Å². The van der Waals surface area contributed by atoms with Crippen LogP contribution in [-0.2, 0) is 9.53 Å². The summed E-state index contributed by atoms with van der Waals surface area (Å²) in [6.07, 6.45) is 2.62. The molecule has 3 N–H and O–H groups in total. The van der Waals surface area contributed by atoms with Crippen LogP contribution in [0.5, 0.6) is 0 Å². The number of thiazole rings is 1. The van der Waals surface area contributed by atoms with Crippen LogP contribution >= 0.6 is 11.3 Å². The van der Waals surface area contributed by atoms with Gasteiger partial charge in [0.15, 0.2) is 0 Å². The number of ether oxygens (including phenoxy) is 1. The van der Waals surface area contributed by atoms with E-state index in [2.05, 4.69) is 15.6 Å². The predicted molar refractivity (Wildman–Crippen MR) is 79.6 cm³/mol. The number of carboxylic acids is 1. The normalized spacial score (nSPS) is 13.4. The Morgan fingerprint density at radius 3 is 2.86 bits per heavy atom. The molecule has 0 aliphatic heterocycles. The molecule has 0 aliphatic carbocycles.